The van der Waals surface area contributed by atoms with Crippen LogP contribution < -0.4 is 10.9 Å². The summed E-state index contributed by atoms with van der Waals surface area (Å²) >= 11 is 7.49. The normalized spacial score (nSPS) is 15.5. The fourth-order valence-corrected chi connectivity index (χ4v) is 5.11. The van der Waals surface area contributed by atoms with E-state index in [-0.39, 0.29) is 24.1 Å². The number of amides is 1. The molecule has 0 spiro atoms. The minimum atomic E-state index is -0.260. The molecule has 2 aromatic heterocycles. The second-order valence-corrected chi connectivity index (χ2v) is 9.73. The Morgan fingerprint density at radius 2 is 2.06 bits per heavy atom. The van der Waals surface area contributed by atoms with E-state index in [0.717, 1.165) is 18.4 Å². The number of fused-ring (bicyclic) bond motifs is 1. The van der Waals surface area contributed by atoms with Gasteiger partial charge in [0.05, 0.1) is 36.4 Å². The van der Waals surface area contributed by atoms with Crippen LogP contribution in [0.1, 0.15) is 34.5 Å². The van der Waals surface area contributed by atoms with Crippen LogP contribution in [0.15, 0.2) is 75.2 Å². The maximum Gasteiger partial charge on any atom is 0.262 e. The largest absolute Gasteiger partial charge is 0.467 e. The molecule has 0 unspecified atom stereocenters. The molecule has 5 rings (SSSR count). The van der Waals surface area contributed by atoms with E-state index in [4.69, 9.17) is 25.7 Å². The van der Waals surface area contributed by atoms with Crippen LogP contribution in [0.4, 0.5) is 0 Å². The van der Waals surface area contributed by atoms with Crippen molar-refractivity contribution in [3.63, 3.8) is 0 Å². The standard InChI is InChI=1S/C26H24ClN3O4S/c27-19-8-5-17(6-9-19)16-35-26-29-23-13-18(24(31)28-14-20-3-1-11-33-20)7-10-22(23)25(32)30(26)15-21-4-2-12-34-21/h1,3,5-11,13,21H,2,4,12,14-16H2,(H,28,31)/t21-/m0/s1. The first kappa shape index (κ1) is 23.7. The molecule has 0 aliphatic carbocycles. The van der Waals surface area contributed by atoms with Crippen molar-refractivity contribution in [3.05, 3.63) is 93.1 Å². The van der Waals surface area contributed by atoms with Crippen molar-refractivity contribution >= 4 is 40.2 Å². The summed E-state index contributed by atoms with van der Waals surface area (Å²) in [5.41, 5.74) is 1.86. The monoisotopic (exact) mass is 509 g/mol. The summed E-state index contributed by atoms with van der Waals surface area (Å²) in [5.74, 6) is 1.03. The molecule has 2 aromatic carbocycles. The summed E-state index contributed by atoms with van der Waals surface area (Å²) in [7, 11) is 0. The fraction of sp³-hybridized carbons (Fsp3) is 0.269. The van der Waals surface area contributed by atoms with Crippen LogP contribution in [0.3, 0.4) is 0 Å². The highest BCUT2D eigenvalue weighted by atomic mass is 35.5. The Kier molecular flexibility index (Phi) is 7.22. The van der Waals surface area contributed by atoms with Gasteiger partial charge in [-0.15, -0.1) is 0 Å². The Balaban J connectivity index is 1.44. The first-order valence-corrected chi connectivity index (χ1v) is 12.8. The van der Waals surface area contributed by atoms with Crippen molar-refractivity contribution in [2.45, 2.75) is 42.9 Å². The number of nitrogens with one attached hydrogen (secondary N) is 1. The predicted molar refractivity (Wildman–Crippen MR) is 136 cm³/mol. The smallest absolute Gasteiger partial charge is 0.262 e. The number of aromatic nitrogens is 2. The Morgan fingerprint density at radius 1 is 1.20 bits per heavy atom. The van der Waals surface area contributed by atoms with Gasteiger partial charge >= 0.3 is 0 Å². The van der Waals surface area contributed by atoms with E-state index in [2.05, 4.69) is 5.32 Å². The van der Waals surface area contributed by atoms with Gasteiger partial charge in [-0.25, -0.2) is 4.98 Å². The highest BCUT2D eigenvalue weighted by Gasteiger charge is 2.21. The number of benzene rings is 2. The molecule has 9 heteroatoms. The number of carbonyl (C=O) groups excluding carboxylic acids is 1. The third kappa shape index (κ3) is 5.61. The molecule has 0 saturated carbocycles. The predicted octanol–water partition coefficient (Wildman–Crippen LogP) is 5.04. The lowest BCUT2D eigenvalue weighted by Gasteiger charge is -2.17. The second kappa shape index (κ2) is 10.7. The van der Waals surface area contributed by atoms with Gasteiger partial charge in [0.25, 0.3) is 11.5 Å². The van der Waals surface area contributed by atoms with Crippen molar-refractivity contribution in [1.82, 2.24) is 14.9 Å². The van der Waals surface area contributed by atoms with Crippen LogP contribution in [-0.4, -0.2) is 28.2 Å². The van der Waals surface area contributed by atoms with Crippen LogP contribution in [0.25, 0.3) is 10.9 Å². The SMILES string of the molecule is O=C(NCc1ccco1)c1ccc2c(=O)n(C[C@@H]3CCCO3)c(SCc3ccc(Cl)cc3)nc2c1. The number of hydrogen-bond acceptors (Lipinski definition) is 6. The second-order valence-electron chi connectivity index (χ2n) is 8.35. The molecule has 4 aromatic rings. The molecule has 180 valence electrons. The zero-order valence-corrected chi connectivity index (χ0v) is 20.5. The van der Waals surface area contributed by atoms with Gasteiger partial charge in [-0.1, -0.05) is 35.5 Å². The summed E-state index contributed by atoms with van der Waals surface area (Å²) in [6.07, 6.45) is 3.46. The molecule has 35 heavy (non-hydrogen) atoms. The summed E-state index contributed by atoms with van der Waals surface area (Å²) in [6, 6.07) is 16.2. The number of nitrogens with zero attached hydrogens (tertiary/aromatic N) is 2. The Morgan fingerprint density at radius 3 is 2.80 bits per heavy atom. The molecule has 1 saturated heterocycles. The van der Waals surface area contributed by atoms with Gasteiger partial charge in [0.2, 0.25) is 0 Å². The van der Waals surface area contributed by atoms with Gasteiger partial charge < -0.3 is 14.5 Å². The van der Waals surface area contributed by atoms with E-state index in [1.807, 2.05) is 24.3 Å². The molecule has 7 nitrogen and oxygen atoms in total. The number of furan rings is 1. The van der Waals surface area contributed by atoms with Gasteiger partial charge in [-0.05, 0) is 60.9 Å². The average molecular weight is 510 g/mol. The van der Waals surface area contributed by atoms with E-state index < -0.39 is 0 Å². The van der Waals surface area contributed by atoms with Crippen molar-refractivity contribution in [2.24, 2.45) is 0 Å². The number of carbonyl (C=O) groups is 1. The van der Waals surface area contributed by atoms with E-state index >= 15 is 0 Å². The fourth-order valence-electron chi connectivity index (χ4n) is 4.02. The van der Waals surface area contributed by atoms with Crippen LogP contribution in [0.5, 0.6) is 0 Å². The van der Waals surface area contributed by atoms with Crippen LogP contribution in [0.2, 0.25) is 5.02 Å². The molecule has 1 fully saturated rings. The maximum absolute atomic E-state index is 13.5. The molecule has 1 atom stereocenters. The van der Waals surface area contributed by atoms with Gasteiger partial charge in [-0.2, -0.15) is 0 Å². The molecule has 3 heterocycles. The van der Waals surface area contributed by atoms with Crippen LogP contribution in [-0.2, 0) is 23.6 Å². The molecule has 1 N–H and O–H groups in total. The zero-order chi connectivity index (χ0) is 24.2. The number of halogens is 1. The van der Waals surface area contributed by atoms with Gasteiger partial charge in [0.15, 0.2) is 5.16 Å². The summed E-state index contributed by atoms with van der Waals surface area (Å²) < 4.78 is 12.8. The van der Waals surface area contributed by atoms with E-state index in [1.54, 1.807) is 41.2 Å². The van der Waals surface area contributed by atoms with Crippen molar-refractivity contribution in [1.29, 1.82) is 0 Å². The van der Waals surface area contributed by atoms with Crippen molar-refractivity contribution in [3.8, 4) is 0 Å². The van der Waals surface area contributed by atoms with Crippen molar-refractivity contribution < 1.29 is 13.9 Å². The van der Waals surface area contributed by atoms with Crippen molar-refractivity contribution in [2.75, 3.05) is 6.61 Å². The molecular formula is C26H24ClN3O4S. The molecule has 1 amide bonds. The maximum atomic E-state index is 13.5. The summed E-state index contributed by atoms with van der Waals surface area (Å²) in [5, 5.41) is 4.58. The minimum Gasteiger partial charge on any atom is -0.467 e. The molecule has 0 radical (unpaired) electrons. The van der Waals surface area contributed by atoms with E-state index in [1.165, 1.54) is 11.8 Å². The first-order chi connectivity index (χ1) is 17.1. The average Bonchev–Trinajstić information content (AvgIpc) is 3.58. The van der Waals surface area contributed by atoms with E-state index in [9.17, 15) is 9.59 Å². The van der Waals surface area contributed by atoms with Gasteiger partial charge in [-0.3, -0.25) is 14.2 Å². The van der Waals surface area contributed by atoms with Crippen LogP contribution in [0, 0.1) is 0 Å². The number of hydrogen-bond donors (Lipinski definition) is 1. The highest BCUT2D eigenvalue weighted by Crippen LogP contribution is 2.25. The van der Waals surface area contributed by atoms with Gasteiger partial charge in [0.1, 0.15) is 5.76 Å². The zero-order valence-electron chi connectivity index (χ0n) is 18.9. The molecule has 0 bridgehead atoms. The lowest BCUT2D eigenvalue weighted by atomic mass is 10.1. The quantitative estimate of drug-likeness (QED) is 0.264. The van der Waals surface area contributed by atoms with Gasteiger partial charge in [0, 0.05) is 22.9 Å². The Labute approximate surface area is 211 Å². The molecule has 1 aliphatic heterocycles. The molecular weight excluding hydrogens is 486 g/mol. The summed E-state index contributed by atoms with van der Waals surface area (Å²) in [4.78, 5) is 31.0. The van der Waals surface area contributed by atoms with Crippen LogP contribution >= 0.6 is 23.4 Å². The number of thioether (sulfide) groups is 1. The number of ether oxygens (including phenoxy) is 1. The van der Waals surface area contributed by atoms with E-state index in [0.29, 0.717) is 51.3 Å². The Bertz CT molecular complexity index is 1380. The highest BCUT2D eigenvalue weighted by molar-refractivity contribution is 7.98. The minimum absolute atomic E-state index is 0.00603. The lowest BCUT2D eigenvalue weighted by molar-refractivity contribution is 0.0937. The topological polar surface area (TPSA) is 86.4 Å². The third-order valence-electron chi connectivity index (χ3n) is 5.88. The summed E-state index contributed by atoms with van der Waals surface area (Å²) in [6.45, 7) is 1.45. The Hall–Kier alpha value is -3.07. The number of rotatable bonds is 8. The first-order valence-electron chi connectivity index (χ1n) is 11.4. The lowest BCUT2D eigenvalue weighted by Crippen LogP contribution is -2.29. The third-order valence-corrected chi connectivity index (χ3v) is 7.18. The molecule has 1 aliphatic rings.